The minimum absolute atomic E-state index is 0.105. The number of nitro groups is 1. The quantitative estimate of drug-likeness (QED) is 0.627. The predicted molar refractivity (Wildman–Crippen MR) is 58.9 cm³/mol. The number of aromatic nitrogens is 4. The van der Waals surface area contributed by atoms with Crippen molar-refractivity contribution < 1.29 is 19.6 Å². The van der Waals surface area contributed by atoms with Crippen LogP contribution in [0.15, 0.2) is 18.6 Å². The second kappa shape index (κ2) is 4.68. The molecule has 0 aliphatic carbocycles. The molecule has 0 aliphatic rings. The summed E-state index contributed by atoms with van der Waals surface area (Å²) in [4.78, 5) is 28.1. The zero-order valence-corrected chi connectivity index (χ0v) is 9.55. The number of aryl methyl sites for hydroxylation is 1. The maximum absolute atomic E-state index is 11.0. The van der Waals surface area contributed by atoms with Crippen molar-refractivity contribution in [2.24, 2.45) is 7.05 Å². The highest BCUT2D eigenvalue weighted by atomic mass is 16.6. The van der Waals surface area contributed by atoms with Crippen molar-refractivity contribution >= 4 is 11.7 Å². The molecule has 0 bridgehead atoms. The Morgan fingerprint density at radius 3 is 2.79 bits per heavy atom. The van der Waals surface area contributed by atoms with E-state index in [4.69, 9.17) is 9.84 Å². The molecule has 19 heavy (non-hydrogen) atoms. The van der Waals surface area contributed by atoms with E-state index in [2.05, 4.69) is 15.1 Å². The molecular weight excluding hydrogens is 258 g/mol. The molecule has 0 aliphatic heterocycles. The monoisotopic (exact) mass is 265 g/mol. The van der Waals surface area contributed by atoms with Crippen LogP contribution in [-0.4, -0.2) is 35.7 Å². The number of carbonyl (C=O) groups is 1. The fourth-order valence-electron chi connectivity index (χ4n) is 1.23. The van der Waals surface area contributed by atoms with Gasteiger partial charge < -0.3 is 9.84 Å². The highest BCUT2D eigenvalue weighted by Crippen LogP contribution is 2.24. The van der Waals surface area contributed by atoms with Crippen molar-refractivity contribution in [3.05, 3.63) is 34.3 Å². The van der Waals surface area contributed by atoms with Crippen LogP contribution in [-0.2, 0) is 7.05 Å². The van der Waals surface area contributed by atoms with Crippen molar-refractivity contribution in [3.63, 3.8) is 0 Å². The van der Waals surface area contributed by atoms with Gasteiger partial charge in [0.2, 0.25) is 5.88 Å². The zero-order chi connectivity index (χ0) is 14.0. The van der Waals surface area contributed by atoms with Crippen LogP contribution in [0.3, 0.4) is 0 Å². The van der Waals surface area contributed by atoms with Crippen molar-refractivity contribution in [1.29, 1.82) is 0 Å². The molecule has 98 valence electrons. The first-order valence-corrected chi connectivity index (χ1v) is 4.88. The largest absolute Gasteiger partial charge is 0.477 e. The van der Waals surface area contributed by atoms with E-state index in [1.54, 1.807) is 7.05 Å². The lowest BCUT2D eigenvalue weighted by atomic mass is 10.2. The lowest BCUT2D eigenvalue weighted by Gasteiger charge is -2.03. The molecule has 10 nitrogen and oxygen atoms in total. The summed E-state index contributed by atoms with van der Waals surface area (Å²) < 4.78 is 6.42. The van der Waals surface area contributed by atoms with Gasteiger partial charge >= 0.3 is 12.0 Å². The van der Waals surface area contributed by atoms with Crippen molar-refractivity contribution in [1.82, 2.24) is 19.7 Å². The Bertz CT molecular complexity index is 652. The smallest absolute Gasteiger partial charge is 0.342 e. The van der Waals surface area contributed by atoms with E-state index in [0.717, 1.165) is 12.3 Å². The number of hydrogen-bond donors (Lipinski definition) is 1. The van der Waals surface area contributed by atoms with Crippen LogP contribution in [0, 0.1) is 10.1 Å². The molecule has 0 unspecified atom stereocenters. The summed E-state index contributed by atoms with van der Waals surface area (Å²) in [5.41, 5.74) is -0.889. The molecule has 0 saturated heterocycles. The van der Waals surface area contributed by atoms with E-state index >= 15 is 0 Å². The van der Waals surface area contributed by atoms with Gasteiger partial charge in [-0.15, -0.1) is 5.10 Å². The topological polar surface area (TPSA) is 133 Å². The van der Waals surface area contributed by atoms with E-state index < -0.39 is 22.1 Å². The minimum Gasteiger partial charge on any atom is -0.477 e. The zero-order valence-electron chi connectivity index (χ0n) is 9.55. The van der Waals surface area contributed by atoms with Crippen molar-refractivity contribution in [2.45, 2.75) is 0 Å². The number of carboxylic acid groups (broad SMARTS) is 1. The summed E-state index contributed by atoms with van der Waals surface area (Å²) in [5, 5.41) is 23.3. The Labute approximate surface area is 105 Å². The summed E-state index contributed by atoms with van der Waals surface area (Å²) in [7, 11) is 1.60. The second-order valence-corrected chi connectivity index (χ2v) is 3.41. The molecular formula is C9H7N5O5. The SMILES string of the molecule is Cn1cnc(Oc2ncc([N+](=O)[O-])cc2C(=O)O)n1. The van der Waals surface area contributed by atoms with E-state index in [1.807, 2.05) is 0 Å². The normalized spacial score (nSPS) is 10.2. The maximum atomic E-state index is 11.0. The predicted octanol–water partition coefficient (Wildman–Crippen LogP) is 0.609. The van der Waals surface area contributed by atoms with Gasteiger partial charge in [0.15, 0.2) is 0 Å². The minimum atomic E-state index is -1.40. The van der Waals surface area contributed by atoms with E-state index in [0.29, 0.717) is 0 Å². The van der Waals surface area contributed by atoms with Gasteiger partial charge in [-0.2, -0.15) is 4.98 Å². The molecule has 0 saturated carbocycles. The van der Waals surface area contributed by atoms with Gasteiger partial charge in [-0.25, -0.2) is 9.78 Å². The van der Waals surface area contributed by atoms with Crippen molar-refractivity contribution in [2.75, 3.05) is 0 Å². The fourth-order valence-corrected chi connectivity index (χ4v) is 1.23. The average Bonchev–Trinajstić information content (AvgIpc) is 2.74. The maximum Gasteiger partial charge on any atom is 0.342 e. The van der Waals surface area contributed by atoms with Crippen LogP contribution < -0.4 is 4.74 Å². The molecule has 0 amide bonds. The number of aromatic carboxylic acids is 1. The summed E-state index contributed by atoms with van der Waals surface area (Å²) in [5.74, 6) is -1.72. The highest BCUT2D eigenvalue weighted by molar-refractivity contribution is 5.90. The molecule has 0 fully saturated rings. The number of ether oxygens (including phenoxy) is 1. The number of rotatable bonds is 4. The molecule has 0 aromatic carbocycles. The van der Waals surface area contributed by atoms with Crippen molar-refractivity contribution in [3.8, 4) is 11.9 Å². The molecule has 0 spiro atoms. The Morgan fingerprint density at radius 2 is 2.26 bits per heavy atom. The van der Waals surface area contributed by atoms with Crippen LogP contribution in [0.5, 0.6) is 11.9 Å². The Balaban J connectivity index is 2.39. The molecule has 0 radical (unpaired) electrons. The summed E-state index contributed by atoms with van der Waals surface area (Å²) >= 11 is 0. The lowest BCUT2D eigenvalue weighted by molar-refractivity contribution is -0.385. The van der Waals surface area contributed by atoms with Crippen LogP contribution in [0.2, 0.25) is 0 Å². The summed E-state index contributed by atoms with van der Waals surface area (Å²) in [6.07, 6.45) is 2.24. The Kier molecular flexibility index (Phi) is 3.06. The van der Waals surface area contributed by atoms with E-state index in [9.17, 15) is 14.9 Å². The second-order valence-electron chi connectivity index (χ2n) is 3.41. The number of pyridine rings is 1. The van der Waals surface area contributed by atoms with Gasteiger partial charge in [0.25, 0.3) is 5.69 Å². The van der Waals surface area contributed by atoms with Gasteiger partial charge in [-0.05, 0) is 0 Å². The van der Waals surface area contributed by atoms with Crippen LogP contribution >= 0.6 is 0 Å². The first-order valence-electron chi connectivity index (χ1n) is 4.88. The Morgan fingerprint density at radius 1 is 1.53 bits per heavy atom. The van der Waals surface area contributed by atoms with Crippen LogP contribution in [0.4, 0.5) is 5.69 Å². The van der Waals surface area contributed by atoms with Gasteiger partial charge in [0, 0.05) is 13.1 Å². The molecule has 2 aromatic heterocycles. The summed E-state index contributed by atoms with van der Waals surface area (Å²) in [6.45, 7) is 0. The van der Waals surface area contributed by atoms with E-state index in [-0.39, 0.29) is 11.9 Å². The van der Waals surface area contributed by atoms with E-state index in [1.165, 1.54) is 11.0 Å². The first-order chi connectivity index (χ1) is 8.97. The van der Waals surface area contributed by atoms with Gasteiger partial charge in [-0.3, -0.25) is 14.8 Å². The third-order valence-electron chi connectivity index (χ3n) is 2.04. The average molecular weight is 265 g/mol. The van der Waals surface area contributed by atoms with Gasteiger partial charge in [-0.1, -0.05) is 0 Å². The number of hydrogen-bond acceptors (Lipinski definition) is 7. The highest BCUT2D eigenvalue weighted by Gasteiger charge is 2.20. The number of nitrogens with zero attached hydrogens (tertiary/aromatic N) is 5. The fraction of sp³-hybridized carbons (Fsp3) is 0.111. The summed E-state index contributed by atoms with van der Waals surface area (Å²) in [6, 6.07) is 0.750. The van der Waals surface area contributed by atoms with Crippen LogP contribution in [0.1, 0.15) is 10.4 Å². The lowest BCUT2D eigenvalue weighted by Crippen LogP contribution is -2.04. The standard InChI is InChI=1S/C9H7N5O5/c1-13-4-11-9(12-13)19-7-6(8(15)16)2-5(3-10-7)14(17)18/h2-4H,1H3,(H,15,16). The molecule has 2 rings (SSSR count). The number of carboxylic acids is 1. The molecule has 10 heteroatoms. The molecule has 2 heterocycles. The van der Waals surface area contributed by atoms with Gasteiger partial charge in [0.05, 0.1) is 4.92 Å². The third-order valence-corrected chi connectivity index (χ3v) is 2.04. The Hall–Kier alpha value is -3.04. The molecule has 0 atom stereocenters. The molecule has 1 N–H and O–H groups in total. The first kappa shape index (κ1) is 12.4. The van der Waals surface area contributed by atoms with Crippen LogP contribution in [0.25, 0.3) is 0 Å². The third kappa shape index (κ3) is 2.62. The van der Waals surface area contributed by atoms with Gasteiger partial charge in [0.1, 0.15) is 18.1 Å². The molecule has 2 aromatic rings.